The second kappa shape index (κ2) is 9.51. The van der Waals surface area contributed by atoms with Crippen LogP contribution in [0.1, 0.15) is 49.8 Å². The van der Waals surface area contributed by atoms with Gasteiger partial charge in [0.15, 0.2) is 0 Å². The quantitative estimate of drug-likeness (QED) is 0.694. The number of fused-ring (bicyclic) bond motifs is 1. The highest BCUT2D eigenvalue weighted by Gasteiger charge is 2.51. The molecule has 4 rings (SSSR count). The number of amides is 2. The van der Waals surface area contributed by atoms with Crippen molar-refractivity contribution in [3.05, 3.63) is 64.7 Å². The summed E-state index contributed by atoms with van der Waals surface area (Å²) in [5.41, 5.74) is 1.64. The molecule has 7 heteroatoms. The minimum atomic E-state index is -0.374. The molecule has 6 nitrogen and oxygen atoms in total. The van der Waals surface area contributed by atoms with Gasteiger partial charge in [-0.05, 0) is 55.5 Å². The molecule has 0 spiro atoms. The van der Waals surface area contributed by atoms with E-state index < -0.39 is 0 Å². The van der Waals surface area contributed by atoms with Gasteiger partial charge in [0.25, 0.3) is 0 Å². The van der Waals surface area contributed by atoms with E-state index in [2.05, 4.69) is 34.6 Å². The van der Waals surface area contributed by atoms with Crippen molar-refractivity contribution >= 4 is 23.4 Å². The average Bonchev–Trinajstić information content (AvgIpc) is 2.94. The van der Waals surface area contributed by atoms with Crippen LogP contribution in [0.2, 0.25) is 5.02 Å². The summed E-state index contributed by atoms with van der Waals surface area (Å²) in [6, 6.07) is 15.6. The van der Waals surface area contributed by atoms with E-state index in [-0.39, 0.29) is 36.0 Å². The number of ether oxygens (including phenoxy) is 1. The Bertz CT molecular complexity index is 981. The predicted octanol–water partition coefficient (Wildman–Crippen LogP) is 3.84. The molecule has 170 valence electrons. The number of halogens is 1. The van der Waals surface area contributed by atoms with Gasteiger partial charge in [-0.1, -0.05) is 41.9 Å². The molecule has 3 atom stereocenters. The van der Waals surface area contributed by atoms with Gasteiger partial charge in [-0.3, -0.25) is 14.5 Å². The summed E-state index contributed by atoms with van der Waals surface area (Å²) in [5.74, 6) is 0.835. The number of nitrogens with one attached hydrogen (secondary N) is 2. The Hall–Kier alpha value is -2.57. The van der Waals surface area contributed by atoms with Crippen molar-refractivity contribution in [2.24, 2.45) is 0 Å². The van der Waals surface area contributed by atoms with Crippen LogP contribution >= 0.6 is 11.6 Å². The molecule has 2 fully saturated rings. The molecule has 0 bridgehead atoms. The summed E-state index contributed by atoms with van der Waals surface area (Å²) >= 11 is 6.23. The fourth-order valence-electron chi connectivity index (χ4n) is 5.11. The van der Waals surface area contributed by atoms with Crippen LogP contribution in [-0.4, -0.2) is 41.9 Å². The van der Waals surface area contributed by atoms with Crippen LogP contribution in [0.5, 0.6) is 5.75 Å². The summed E-state index contributed by atoms with van der Waals surface area (Å²) in [5, 5.41) is 6.91. The lowest BCUT2D eigenvalue weighted by Gasteiger charge is -2.34. The Kier molecular flexibility index (Phi) is 6.72. The smallest absolute Gasteiger partial charge is 0.234 e. The first-order valence-corrected chi connectivity index (χ1v) is 11.5. The van der Waals surface area contributed by atoms with E-state index in [1.54, 1.807) is 7.11 Å². The molecule has 0 unspecified atom stereocenters. The van der Waals surface area contributed by atoms with Crippen LogP contribution in [0.3, 0.4) is 0 Å². The monoisotopic (exact) mass is 455 g/mol. The third-order valence-electron chi connectivity index (χ3n) is 6.72. The zero-order chi connectivity index (χ0) is 22.7. The van der Waals surface area contributed by atoms with Crippen molar-refractivity contribution in [1.29, 1.82) is 0 Å². The molecule has 2 aromatic rings. The van der Waals surface area contributed by atoms with Gasteiger partial charge in [-0.2, -0.15) is 0 Å². The Morgan fingerprint density at radius 2 is 2.00 bits per heavy atom. The number of carbonyl (C=O) groups excluding carboxylic acids is 2. The number of methoxy groups -OCH3 is 1. The van der Waals surface area contributed by atoms with Crippen molar-refractivity contribution in [1.82, 2.24) is 15.5 Å². The van der Waals surface area contributed by atoms with Crippen molar-refractivity contribution in [3.8, 4) is 5.75 Å². The van der Waals surface area contributed by atoms with E-state index in [9.17, 15) is 9.59 Å². The standard InChI is InChI=1S/C25H30ClN3O3/c1-25-14-21(17-10-12-19(32-2)13-11-17)29(22(25)8-5-9-23(30)28-25)16-24(31)27-15-18-6-3-4-7-20(18)26/h3-4,6-7,10-13,21-22H,5,8-9,14-16H2,1-2H3,(H,27,31)(H,28,30)/t21-,22-,25-/m0/s1. The maximum Gasteiger partial charge on any atom is 0.234 e. The minimum absolute atomic E-state index is 0.0281. The first-order chi connectivity index (χ1) is 15.4. The summed E-state index contributed by atoms with van der Waals surface area (Å²) in [7, 11) is 1.65. The number of hydrogen-bond acceptors (Lipinski definition) is 4. The van der Waals surface area contributed by atoms with Crippen molar-refractivity contribution in [2.75, 3.05) is 13.7 Å². The maximum atomic E-state index is 13.0. The van der Waals surface area contributed by atoms with Gasteiger partial charge in [-0.25, -0.2) is 0 Å². The Morgan fingerprint density at radius 3 is 2.72 bits per heavy atom. The molecular formula is C25H30ClN3O3. The molecule has 0 aromatic heterocycles. The molecule has 2 aliphatic rings. The second-order valence-corrected chi connectivity index (χ2v) is 9.31. The first kappa shape index (κ1) is 22.6. The van der Waals surface area contributed by atoms with Gasteiger partial charge in [0.05, 0.1) is 19.2 Å². The largest absolute Gasteiger partial charge is 0.497 e. The van der Waals surface area contributed by atoms with Gasteiger partial charge in [0, 0.05) is 30.1 Å². The lowest BCUT2D eigenvalue weighted by molar-refractivity contribution is -0.123. The van der Waals surface area contributed by atoms with Crippen LogP contribution in [-0.2, 0) is 16.1 Å². The Morgan fingerprint density at radius 1 is 1.25 bits per heavy atom. The molecule has 2 saturated heterocycles. The molecule has 0 aliphatic carbocycles. The minimum Gasteiger partial charge on any atom is -0.497 e. The number of carbonyl (C=O) groups is 2. The number of benzene rings is 2. The first-order valence-electron chi connectivity index (χ1n) is 11.1. The summed E-state index contributed by atoms with van der Waals surface area (Å²) in [4.78, 5) is 27.6. The predicted molar refractivity (Wildman–Crippen MR) is 125 cm³/mol. The zero-order valence-corrected chi connectivity index (χ0v) is 19.3. The highest BCUT2D eigenvalue weighted by Crippen LogP contribution is 2.45. The molecule has 0 saturated carbocycles. The van der Waals surface area contributed by atoms with Crippen molar-refractivity contribution in [2.45, 2.75) is 56.8 Å². The van der Waals surface area contributed by atoms with E-state index in [0.717, 1.165) is 36.1 Å². The molecule has 2 N–H and O–H groups in total. The van der Waals surface area contributed by atoms with Gasteiger partial charge in [-0.15, -0.1) is 0 Å². The molecule has 0 radical (unpaired) electrons. The van der Waals surface area contributed by atoms with Gasteiger partial charge in [0.2, 0.25) is 11.8 Å². The lowest BCUT2D eigenvalue weighted by Crippen LogP contribution is -2.54. The Labute approximate surface area is 194 Å². The van der Waals surface area contributed by atoms with Gasteiger partial charge < -0.3 is 15.4 Å². The summed E-state index contributed by atoms with van der Waals surface area (Å²) < 4.78 is 5.31. The maximum absolute atomic E-state index is 13.0. The van der Waals surface area contributed by atoms with Crippen LogP contribution in [0.4, 0.5) is 0 Å². The number of likely N-dealkylation sites (tertiary alicyclic amines) is 1. The topological polar surface area (TPSA) is 70.7 Å². The third-order valence-corrected chi connectivity index (χ3v) is 7.09. The van der Waals surface area contributed by atoms with Crippen molar-refractivity contribution in [3.63, 3.8) is 0 Å². The fourth-order valence-corrected chi connectivity index (χ4v) is 5.31. The molecular weight excluding hydrogens is 426 g/mol. The van der Waals surface area contributed by atoms with Gasteiger partial charge >= 0.3 is 0 Å². The highest BCUT2D eigenvalue weighted by molar-refractivity contribution is 6.31. The molecule has 2 amide bonds. The average molecular weight is 456 g/mol. The van der Waals surface area contributed by atoms with Crippen LogP contribution in [0.15, 0.2) is 48.5 Å². The molecule has 2 aliphatic heterocycles. The fraction of sp³-hybridized carbons (Fsp3) is 0.440. The summed E-state index contributed by atoms with van der Waals surface area (Å²) in [6.45, 7) is 2.76. The highest BCUT2D eigenvalue weighted by atomic mass is 35.5. The Balaban J connectivity index is 1.55. The van der Waals surface area contributed by atoms with Crippen LogP contribution < -0.4 is 15.4 Å². The van der Waals surface area contributed by atoms with E-state index >= 15 is 0 Å². The molecule has 32 heavy (non-hydrogen) atoms. The van der Waals surface area contributed by atoms with E-state index in [1.165, 1.54) is 0 Å². The van der Waals surface area contributed by atoms with E-state index in [4.69, 9.17) is 16.3 Å². The molecule has 2 aromatic carbocycles. The summed E-state index contributed by atoms with van der Waals surface area (Å²) in [6.07, 6.45) is 2.98. The number of nitrogens with zero attached hydrogens (tertiary/aromatic N) is 1. The second-order valence-electron chi connectivity index (χ2n) is 8.91. The van der Waals surface area contributed by atoms with E-state index in [1.807, 2.05) is 36.4 Å². The van der Waals surface area contributed by atoms with Crippen LogP contribution in [0.25, 0.3) is 0 Å². The van der Waals surface area contributed by atoms with E-state index in [0.29, 0.717) is 18.0 Å². The van der Waals surface area contributed by atoms with Crippen molar-refractivity contribution < 1.29 is 14.3 Å². The number of hydrogen-bond donors (Lipinski definition) is 2. The lowest BCUT2D eigenvalue weighted by atomic mass is 9.88. The normalized spacial score (nSPS) is 25.5. The molecule has 2 heterocycles. The SMILES string of the molecule is COc1ccc([C@@H]2C[C@]3(C)NC(=O)CCC[C@@H]3N2CC(=O)NCc2ccccc2Cl)cc1. The van der Waals surface area contributed by atoms with Gasteiger partial charge in [0.1, 0.15) is 5.75 Å². The van der Waals surface area contributed by atoms with Crippen LogP contribution in [0, 0.1) is 0 Å². The zero-order valence-electron chi connectivity index (χ0n) is 18.6. The third kappa shape index (κ3) is 4.76. The number of rotatable bonds is 6.